The minimum atomic E-state index is 0.113. The van der Waals surface area contributed by atoms with E-state index in [4.69, 9.17) is 0 Å². The predicted molar refractivity (Wildman–Crippen MR) is 110 cm³/mol. The summed E-state index contributed by atoms with van der Waals surface area (Å²) in [6.45, 7) is 4.00. The van der Waals surface area contributed by atoms with Crippen LogP contribution in [0.4, 0.5) is 0 Å². The van der Waals surface area contributed by atoms with E-state index >= 15 is 0 Å². The van der Waals surface area contributed by atoms with Crippen LogP contribution >= 0.6 is 0 Å². The second-order valence-electron chi connectivity index (χ2n) is 8.02. The van der Waals surface area contributed by atoms with Crippen molar-refractivity contribution < 1.29 is 4.79 Å². The fourth-order valence-electron chi connectivity index (χ4n) is 4.40. The molecule has 4 rings (SSSR count). The summed E-state index contributed by atoms with van der Waals surface area (Å²) in [5, 5.41) is 3.14. The lowest BCUT2D eigenvalue weighted by Crippen LogP contribution is -2.26. The van der Waals surface area contributed by atoms with Gasteiger partial charge in [-0.1, -0.05) is 42.5 Å². The van der Waals surface area contributed by atoms with E-state index in [1.54, 1.807) is 0 Å². The van der Waals surface area contributed by atoms with E-state index in [1.807, 2.05) is 0 Å². The van der Waals surface area contributed by atoms with Crippen molar-refractivity contribution in [1.82, 2.24) is 10.2 Å². The Morgan fingerprint density at radius 2 is 1.63 bits per heavy atom. The van der Waals surface area contributed by atoms with Crippen LogP contribution in [0.15, 0.2) is 42.5 Å². The quantitative estimate of drug-likeness (QED) is 0.842. The molecule has 0 bridgehead atoms. The van der Waals surface area contributed by atoms with Gasteiger partial charge in [0.25, 0.3) is 0 Å². The van der Waals surface area contributed by atoms with Gasteiger partial charge in [0, 0.05) is 13.1 Å². The summed E-state index contributed by atoms with van der Waals surface area (Å²) in [6, 6.07) is 15.1. The van der Waals surface area contributed by atoms with E-state index in [1.165, 1.54) is 67.4 Å². The molecule has 0 radical (unpaired) electrons. The maximum absolute atomic E-state index is 12.5. The topological polar surface area (TPSA) is 32.3 Å². The van der Waals surface area contributed by atoms with Gasteiger partial charge in [-0.25, -0.2) is 0 Å². The molecule has 3 heteroatoms. The zero-order valence-corrected chi connectivity index (χ0v) is 16.2. The molecular weight excluding hydrogens is 332 g/mol. The second-order valence-corrected chi connectivity index (χ2v) is 8.02. The zero-order chi connectivity index (χ0) is 18.5. The van der Waals surface area contributed by atoms with Crippen molar-refractivity contribution in [2.45, 2.75) is 58.0 Å². The first-order valence-corrected chi connectivity index (χ1v) is 10.4. The van der Waals surface area contributed by atoms with Crippen molar-refractivity contribution in [3.8, 4) is 0 Å². The first kappa shape index (κ1) is 18.2. The standard InChI is InChI=1S/C24H30N2O/c27-24(16-19-11-12-20-7-1-2-8-21(20)15-19)25-17-22-9-3-4-10-23(22)18-26-13-5-6-14-26/h3-4,9-12,15H,1-2,5-8,13-14,16-18H2,(H,25,27). The molecule has 142 valence electrons. The van der Waals surface area contributed by atoms with Crippen molar-refractivity contribution in [3.05, 3.63) is 70.3 Å². The van der Waals surface area contributed by atoms with Crippen LogP contribution < -0.4 is 5.32 Å². The van der Waals surface area contributed by atoms with Crippen LogP contribution in [0.2, 0.25) is 0 Å². The van der Waals surface area contributed by atoms with Crippen LogP contribution in [0.1, 0.15) is 53.5 Å². The van der Waals surface area contributed by atoms with Crippen LogP contribution in [0.3, 0.4) is 0 Å². The minimum absolute atomic E-state index is 0.113. The number of amides is 1. The lowest BCUT2D eigenvalue weighted by molar-refractivity contribution is -0.120. The van der Waals surface area contributed by atoms with E-state index < -0.39 is 0 Å². The van der Waals surface area contributed by atoms with E-state index in [2.05, 4.69) is 52.7 Å². The van der Waals surface area contributed by atoms with Gasteiger partial charge in [-0.2, -0.15) is 0 Å². The highest BCUT2D eigenvalue weighted by atomic mass is 16.1. The minimum Gasteiger partial charge on any atom is -0.352 e. The number of benzene rings is 2. The maximum Gasteiger partial charge on any atom is 0.224 e. The number of likely N-dealkylation sites (tertiary alicyclic amines) is 1. The lowest BCUT2D eigenvalue weighted by Gasteiger charge is -2.18. The highest BCUT2D eigenvalue weighted by Crippen LogP contribution is 2.22. The Balaban J connectivity index is 1.34. The van der Waals surface area contributed by atoms with Gasteiger partial charge in [0.15, 0.2) is 0 Å². The largest absolute Gasteiger partial charge is 0.352 e. The fourth-order valence-corrected chi connectivity index (χ4v) is 4.40. The van der Waals surface area contributed by atoms with Crippen molar-refractivity contribution in [1.29, 1.82) is 0 Å². The van der Waals surface area contributed by atoms with Gasteiger partial charge >= 0.3 is 0 Å². The van der Waals surface area contributed by atoms with Gasteiger partial charge in [0.05, 0.1) is 6.42 Å². The summed E-state index contributed by atoms with van der Waals surface area (Å²) in [4.78, 5) is 15.0. The molecule has 1 fully saturated rings. The van der Waals surface area contributed by atoms with E-state index in [0.717, 1.165) is 18.5 Å². The SMILES string of the molecule is O=C(Cc1ccc2c(c1)CCCC2)NCc1ccccc1CN1CCCC1. The molecule has 1 saturated heterocycles. The summed E-state index contributed by atoms with van der Waals surface area (Å²) >= 11 is 0. The molecule has 2 aliphatic rings. The second kappa shape index (κ2) is 8.71. The number of carbonyl (C=O) groups is 1. The third-order valence-electron chi connectivity index (χ3n) is 5.96. The Bertz CT molecular complexity index is 793. The Morgan fingerprint density at radius 3 is 2.44 bits per heavy atom. The third kappa shape index (κ3) is 4.78. The Kier molecular flexibility index (Phi) is 5.88. The van der Waals surface area contributed by atoms with Gasteiger partial charge in [-0.3, -0.25) is 9.69 Å². The zero-order valence-electron chi connectivity index (χ0n) is 16.2. The predicted octanol–water partition coefficient (Wildman–Crippen LogP) is 4.02. The molecular formula is C24H30N2O. The molecule has 2 aromatic carbocycles. The number of aryl methyl sites for hydroxylation is 2. The normalized spacial score (nSPS) is 16.9. The average molecular weight is 363 g/mol. The summed E-state index contributed by atoms with van der Waals surface area (Å²) < 4.78 is 0. The molecule has 1 aliphatic heterocycles. The number of rotatable bonds is 6. The van der Waals surface area contributed by atoms with Crippen LogP contribution in [-0.2, 0) is 37.1 Å². The molecule has 0 spiro atoms. The van der Waals surface area contributed by atoms with Gasteiger partial charge in [0.2, 0.25) is 5.91 Å². The Hall–Kier alpha value is -2.13. The molecule has 1 aliphatic carbocycles. The number of fused-ring (bicyclic) bond motifs is 1. The fraction of sp³-hybridized carbons (Fsp3) is 0.458. The van der Waals surface area contributed by atoms with Crippen LogP contribution in [-0.4, -0.2) is 23.9 Å². The smallest absolute Gasteiger partial charge is 0.224 e. The first-order chi connectivity index (χ1) is 13.3. The summed E-state index contributed by atoms with van der Waals surface area (Å²) in [7, 11) is 0. The summed E-state index contributed by atoms with van der Waals surface area (Å²) in [5.74, 6) is 0.113. The molecule has 0 aromatic heterocycles. The van der Waals surface area contributed by atoms with Gasteiger partial charge in [0.1, 0.15) is 0 Å². The lowest BCUT2D eigenvalue weighted by atomic mass is 9.90. The average Bonchev–Trinajstić information content (AvgIpc) is 3.20. The van der Waals surface area contributed by atoms with Gasteiger partial charge < -0.3 is 5.32 Å². The number of hydrogen-bond acceptors (Lipinski definition) is 2. The molecule has 0 saturated carbocycles. The maximum atomic E-state index is 12.5. The third-order valence-corrected chi connectivity index (χ3v) is 5.96. The van der Waals surface area contributed by atoms with E-state index in [-0.39, 0.29) is 5.91 Å². The van der Waals surface area contributed by atoms with Crippen molar-refractivity contribution in [2.75, 3.05) is 13.1 Å². The van der Waals surface area contributed by atoms with Gasteiger partial charge in [-0.05, 0) is 79.4 Å². The highest BCUT2D eigenvalue weighted by Gasteiger charge is 2.14. The molecule has 1 heterocycles. The first-order valence-electron chi connectivity index (χ1n) is 10.4. The Morgan fingerprint density at radius 1 is 0.889 bits per heavy atom. The molecule has 2 aromatic rings. The van der Waals surface area contributed by atoms with E-state index in [0.29, 0.717) is 13.0 Å². The summed E-state index contributed by atoms with van der Waals surface area (Å²) in [6.07, 6.45) is 8.01. The van der Waals surface area contributed by atoms with Gasteiger partial charge in [-0.15, -0.1) is 0 Å². The molecule has 0 unspecified atom stereocenters. The molecule has 1 amide bonds. The van der Waals surface area contributed by atoms with Crippen molar-refractivity contribution >= 4 is 5.91 Å². The van der Waals surface area contributed by atoms with Crippen LogP contribution in [0.5, 0.6) is 0 Å². The number of carbonyl (C=O) groups excluding carboxylic acids is 1. The monoisotopic (exact) mass is 362 g/mol. The number of hydrogen-bond donors (Lipinski definition) is 1. The molecule has 0 atom stereocenters. The van der Waals surface area contributed by atoms with Crippen molar-refractivity contribution in [2.24, 2.45) is 0 Å². The molecule has 3 nitrogen and oxygen atoms in total. The Labute approximate surface area is 162 Å². The highest BCUT2D eigenvalue weighted by molar-refractivity contribution is 5.78. The van der Waals surface area contributed by atoms with E-state index in [9.17, 15) is 4.79 Å². The van der Waals surface area contributed by atoms with Crippen LogP contribution in [0, 0.1) is 0 Å². The van der Waals surface area contributed by atoms with Crippen molar-refractivity contribution in [3.63, 3.8) is 0 Å². The molecule has 1 N–H and O–H groups in total. The number of nitrogens with one attached hydrogen (secondary N) is 1. The summed E-state index contributed by atoms with van der Waals surface area (Å²) in [5.41, 5.74) is 6.64. The molecule has 27 heavy (non-hydrogen) atoms. The van der Waals surface area contributed by atoms with Crippen LogP contribution in [0.25, 0.3) is 0 Å². The number of nitrogens with zero attached hydrogens (tertiary/aromatic N) is 1.